The van der Waals surface area contributed by atoms with Crippen molar-refractivity contribution < 1.29 is 4.79 Å². The molecule has 1 aliphatic rings. The largest absolute Gasteiger partial charge is 0.329 e. The Labute approximate surface area is 114 Å². The van der Waals surface area contributed by atoms with Crippen molar-refractivity contribution in [2.24, 2.45) is 5.92 Å². The number of pyridine rings is 1. The predicted octanol–water partition coefficient (Wildman–Crippen LogP) is 2.92. The molecule has 98 valence electrons. The average molecular weight is 277 g/mol. The topological polar surface area (TPSA) is 62.0 Å². The van der Waals surface area contributed by atoms with E-state index in [0.717, 1.165) is 24.6 Å². The van der Waals surface area contributed by atoms with Gasteiger partial charge in [0.1, 0.15) is 0 Å². The zero-order chi connectivity index (χ0) is 13.4. The van der Waals surface area contributed by atoms with Crippen LogP contribution >= 0.6 is 11.6 Å². The van der Waals surface area contributed by atoms with Crippen LogP contribution in [0, 0.1) is 5.92 Å². The maximum Gasteiger partial charge on any atom is 0.255 e. The highest BCUT2D eigenvalue weighted by atomic mass is 35.5. The number of hydrogen-bond donors (Lipinski definition) is 2. The molecule has 0 atom stereocenters. The van der Waals surface area contributed by atoms with Crippen molar-refractivity contribution in [1.29, 1.82) is 0 Å². The second kappa shape index (κ2) is 4.70. The van der Waals surface area contributed by atoms with Crippen molar-refractivity contribution in [2.45, 2.75) is 19.3 Å². The molecule has 4 nitrogen and oxygen atoms in total. The standard InChI is InChI=1S/C14H13ClN2O2/c15-11-7-10-9(4-5-16-14(10)19)6-12(11)17-13(18)8-2-1-3-8/h4-8H,1-3H2,(H,16,19)(H,17,18). The van der Waals surface area contributed by atoms with Crippen LogP contribution in [0.25, 0.3) is 10.8 Å². The number of benzene rings is 1. The van der Waals surface area contributed by atoms with E-state index in [1.54, 1.807) is 24.4 Å². The first-order chi connectivity index (χ1) is 9.15. The number of nitrogens with one attached hydrogen (secondary N) is 2. The van der Waals surface area contributed by atoms with Gasteiger partial charge in [-0.15, -0.1) is 0 Å². The van der Waals surface area contributed by atoms with E-state index in [1.807, 2.05) is 0 Å². The summed E-state index contributed by atoms with van der Waals surface area (Å²) in [6.07, 6.45) is 4.57. The van der Waals surface area contributed by atoms with Gasteiger partial charge in [-0.1, -0.05) is 18.0 Å². The molecule has 1 heterocycles. The molecule has 19 heavy (non-hydrogen) atoms. The molecular formula is C14H13ClN2O2. The second-order valence-electron chi connectivity index (χ2n) is 4.84. The van der Waals surface area contributed by atoms with Crippen molar-refractivity contribution in [3.05, 3.63) is 39.8 Å². The molecule has 0 unspecified atom stereocenters. The predicted molar refractivity (Wildman–Crippen MR) is 75.5 cm³/mol. The minimum absolute atomic E-state index is 0.0114. The molecule has 1 saturated carbocycles. The van der Waals surface area contributed by atoms with E-state index in [4.69, 9.17) is 11.6 Å². The SMILES string of the molecule is O=C(Nc1cc2cc[nH]c(=O)c2cc1Cl)C1CCC1. The summed E-state index contributed by atoms with van der Waals surface area (Å²) in [5.74, 6) is 0.114. The van der Waals surface area contributed by atoms with Crippen LogP contribution in [-0.2, 0) is 4.79 Å². The molecule has 0 spiro atoms. The Morgan fingerprint density at radius 1 is 1.37 bits per heavy atom. The van der Waals surface area contributed by atoms with Crippen LogP contribution in [0.3, 0.4) is 0 Å². The molecule has 5 heteroatoms. The van der Waals surface area contributed by atoms with Crippen LogP contribution in [0.2, 0.25) is 5.02 Å². The maximum absolute atomic E-state index is 11.9. The Morgan fingerprint density at radius 3 is 2.84 bits per heavy atom. The molecule has 0 saturated heterocycles. The van der Waals surface area contributed by atoms with E-state index in [9.17, 15) is 9.59 Å². The van der Waals surface area contributed by atoms with Crippen molar-refractivity contribution in [3.63, 3.8) is 0 Å². The molecule has 0 radical (unpaired) electrons. The summed E-state index contributed by atoms with van der Waals surface area (Å²) in [5.41, 5.74) is 0.382. The number of amides is 1. The van der Waals surface area contributed by atoms with Crippen LogP contribution in [0.5, 0.6) is 0 Å². The van der Waals surface area contributed by atoms with Gasteiger partial charge in [0.2, 0.25) is 5.91 Å². The fourth-order valence-corrected chi connectivity index (χ4v) is 2.42. The van der Waals surface area contributed by atoms with Gasteiger partial charge in [0.25, 0.3) is 5.56 Å². The summed E-state index contributed by atoms with van der Waals surface area (Å²) < 4.78 is 0. The number of rotatable bonds is 2. The van der Waals surface area contributed by atoms with E-state index >= 15 is 0 Å². The monoisotopic (exact) mass is 276 g/mol. The Morgan fingerprint density at radius 2 is 2.16 bits per heavy atom. The van der Waals surface area contributed by atoms with E-state index in [-0.39, 0.29) is 17.4 Å². The van der Waals surface area contributed by atoms with Crippen LogP contribution in [0.4, 0.5) is 5.69 Å². The van der Waals surface area contributed by atoms with Gasteiger partial charge in [0, 0.05) is 17.5 Å². The average Bonchev–Trinajstić information content (AvgIpc) is 2.29. The van der Waals surface area contributed by atoms with E-state index < -0.39 is 0 Å². The quantitative estimate of drug-likeness (QED) is 0.886. The Kier molecular flexibility index (Phi) is 3.03. The fourth-order valence-electron chi connectivity index (χ4n) is 2.21. The molecule has 0 bridgehead atoms. The molecule has 1 aromatic heterocycles. The van der Waals surface area contributed by atoms with Gasteiger partial charge >= 0.3 is 0 Å². The highest BCUT2D eigenvalue weighted by Gasteiger charge is 2.25. The normalized spacial score (nSPS) is 15.2. The van der Waals surface area contributed by atoms with E-state index in [0.29, 0.717) is 16.1 Å². The summed E-state index contributed by atoms with van der Waals surface area (Å²) in [5, 5.41) is 4.51. The number of carbonyl (C=O) groups is 1. The lowest BCUT2D eigenvalue weighted by molar-refractivity contribution is -0.122. The smallest absolute Gasteiger partial charge is 0.255 e. The molecular weight excluding hydrogens is 264 g/mol. The summed E-state index contributed by atoms with van der Waals surface area (Å²) in [6, 6.07) is 5.11. The minimum atomic E-state index is -0.184. The number of H-pyrrole nitrogens is 1. The summed E-state index contributed by atoms with van der Waals surface area (Å²) in [4.78, 5) is 26.1. The van der Waals surface area contributed by atoms with Gasteiger partial charge in [-0.25, -0.2) is 0 Å². The van der Waals surface area contributed by atoms with E-state index in [2.05, 4.69) is 10.3 Å². The first-order valence-electron chi connectivity index (χ1n) is 6.27. The molecule has 0 aliphatic heterocycles. The zero-order valence-electron chi connectivity index (χ0n) is 10.2. The molecule has 2 N–H and O–H groups in total. The third-order valence-electron chi connectivity index (χ3n) is 3.59. The summed E-state index contributed by atoms with van der Waals surface area (Å²) in [6.45, 7) is 0. The molecule has 1 aliphatic carbocycles. The van der Waals surface area contributed by atoms with Crippen LogP contribution < -0.4 is 10.9 Å². The number of fused-ring (bicyclic) bond motifs is 1. The highest BCUT2D eigenvalue weighted by Crippen LogP contribution is 2.30. The Balaban J connectivity index is 1.97. The van der Waals surface area contributed by atoms with Crippen molar-refractivity contribution in [3.8, 4) is 0 Å². The Hall–Kier alpha value is -1.81. The lowest BCUT2D eigenvalue weighted by Crippen LogP contribution is -2.28. The second-order valence-corrected chi connectivity index (χ2v) is 5.25. The van der Waals surface area contributed by atoms with Crippen LogP contribution in [0.15, 0.2) is 29.2 Å². The summed E-state index contributed by atoms with van der Waals surface area (Å²) in [7, 11) is 0. The first-order valence-corrected chi connectivity index (χ1v) is 6.65. The number of hydrogen-bond acceptors (Lipinski definition) is 2. The fraction of sp³-hybridized carbons (Fsp3) is 0.286. The number of aromatic nitrogens is 1. The number of carbonyl (C=O) groups excluding carboxylic acids is 1. The molecule has 1 aromatic carbocycles. The molecule has 1 fully saturated rings. The van der Waals surface area contributed by atoms with Gasteiger partial charge in [0.05, 0.1) is 10.7 Å². The first kappa shape index (κ1) is 12.2. The van der Waals surface area contributed by atoms with Gasteiger partial charge < -0.3 is 10.3 Å². The van der Waals surface area contributed by atoms with Crippen LogP contribution in [0.1, 0.15) is 19.3 Å². The van der Waals surface area contributed by atoms with Crippen molar-refractivity contribution >= 4 is 34.0 Å². The highest BCUT2D eigenvalue weighted by molar-refractivity contribution is 6.34. The van der Waals surface area contributed by atoms with Crippen molar-refractivity contribution in [1.82, 2.24) is 4.98 Å². The van der Waals surface area contributed by atoms with Gasteiger partial charge in [-0.05, 0) is 36.4 Å². The lowest BCUT2D eigenvalue weighted by atomic mass is 9.85. The van der Waals surface area contributed by atoms with Gasteiger partial charge in [0.15, 0.2) is 0 Å². The summed E-state index contributed by atoms with van der Waals surface area (Å²) >= 11 is 6.12. The van der Waals surface area contributed by atoms with Gasteiger partial charge in [-0.3, -0.25) is 9.59 Å². The maximum atomic E-state index is 11.9. The van der Waals surface area contributed by atoms with E-state index in [1.165, 1.54) is 0 Å². The third kappa shape index (κ3) is 2.24. The number of aromatic amines is 1. The number of anilines is 1. The van der Waals surface area contributed by atoms with Gasteiger partial charge in [-0.2, -0.15) is 0 Å². The molecule has 2 aromatic rings. The zero-order valence-corrected chi connectivity index (χ0v) is 11.0. The minimum Gasteiger partial charge on any atom is -0.329 e. The third-order valence-corrected chi connectivity index (χ3v) is 3.91. The van der Waals surface area contributed by atoms with Crippen LogP contribution in [-0.4, -0.2) is 10.9 Å². The number of halogens is 1. The molecule has 3 rings (SSSR count). The molecule has 1 amide bonds. The lowest BCUT2D eigenvalue weighted by Gasteiger charge is -2.24. The Bertz CT molecular complexity index is 704. The van der Waals surface area contributed by atoms with Crippen molar-refractivity contribution in [2.75, 3.05) is 5.32 Å².